The highest BCUT2D eigenvalue weighted by Crippen LogP contribution is 2.38. The topological polar surface area (TPSA) is 149 Å². The van der Waals surface area contributed by atoms with Gasteiger partial charge in [0.05, 0.1) is 19.0 Å². The first-order chi connectivity index (χ1) is 17.6. The fourth-order valence-corrected chi connectivity index (χ4v) is 4.80. The number of rotatable bonds is 9. The lowest BCUT2D eigenvalue weighted by Crippen LogP contribution is -2.44. The van der Waals surface area contributed by atoms with E-state index in [1.807, 2.05) is 6.07 Å². The van der Waals surface area contributed by atoms with Gasteiger partial charge in [-0.2, -0.15) is 0 Å². The Kier molecular flexibility index (Phi) is 7.90. The molecule has 0 radical (unpaired) electrons. The van der Waals surface area contributed by atoms with Gasteiger partial charge in [-0.3, -0.25) is 9.36 Å². The van der Waals surface area contributed by atoms with Crippen molar-refractivity contribution >= 4 is 31.2 Å². The van der Waals surface area contributed by atoms with Gasteiger partial charge in [-0.1, -0.05) is 44.1 Å². The van der Waals surface area contributed by atoms with E-state index in [1.54, 1.807) is 35.2 Å². The molecule has 1 aliphatic rings. The van der Waals surface area contributed by atoms with Crippen LogP contribution in [-0.4, -0.2) is 59.3 Å². The first kappa shape index (κ1) is 26.7. The van der Waals surface area contributed by atoms with Crippen molar-refractivity contribution < 1.29 is 18.7 Å². The summed E-state index contributed by atoms with van der Waals surface area (Å²) in [4.78, 5) is 28.5. The van der Waals surface area contributed by atoms with Crippen LogP contribution in [0.5, 0.6) is 0 Å². The van der Waals surface area contributed by atoms with Gasteiger partial charge in [0.25, 0.3) is 5.91 Å². The molecule has 3 aromatic rings. The maximum atomic E-state index is 12.7. The second-order valence-electron chi connectivity index (χ2n) is 10.4. The number of anilines is 1. The maximum Gasteiger partial charge on any atom is 0.256 e. The smallest absolute Gasteiger partial charge is 0.256 e. The summed E-state index contributed by atoms with van der Waals surface area (Å²) in [5.41, 5.74) is 10.1. The van der Waals surface area contributed by atoms with Crippen molar-refractivity contribution in [3.63, 3.8) is 0 Å². The molecule has 2 aromatic heterocycles. The van der Waals surface area contributed by atoms with Crippen LogP contribution in [0.3, 0.4) is 0 Å². The molecule has 1 fully saturated rings. The standard InChI is InChI=1S/C24H32N8O4Si/c1-24(2,3)37(4,5)35-12-18-17(34-15-29-31-25)11-19(36-18)32-14-28-20-21(26-13-27-22(20)32)30-23(33)16-9-7-6-8-10-16/h6-10,13-14,17-19H,11-12,15H2,1-5H3,(H,26,27,30,33)/t17-,18-,19-/m0/s1. The number of carbonyl (C=O) groups is 1. The van der Waals surface area contributed by atoms with Crippen LogP contribution in [0.25, 0.3) is 21.6 Å². The third-order valence-corrected chi connectivity index (χ3v) is 11.4. The van der Waals surface area contributed by atoms with E-state index in [0.717, 1.165) is 0 Å². The van der Waals surface area contributed by atoms with Gasteiger partial charge < -0.3 is 19.2 Å². The Morgan fingerprint density at radius 3 is 2.73 bits per heavy atom. The Morgan fingerprint density at radius 2 is 2.03 bits per heavy atom. The summed E-state index contributed by atoms with van der Waals surface area (Å²) in [5, 5.41) is 6.37. The molecule has 0 saturated carbocycles. The summed E-state index contributed by atoms with van der Waals surface area (Å²) >= 11 is 0. The molecule has 1 amide bonds. The first-order valence-electron chi connectivity index (χ1n) is 12.1. The lowest BCUT2D eigenvalue weighted by Gasteiger charge is -2.37. The van der Waals surface area contributed by atoms with E-state index in [2.05, 4.69) is 64.2 Å². The number of amides is 1. The fourth-order valence-electron chi connectivity index (χ4n) is 3.78. The van der Waals surface area contributed by atoms with Crippen LogP contribution in [-0.2, 0) is 13.9 Å². The number of nitrogens with one attached hydrogen (secondary N) is 1. The van der Waals surface area contributed by atoms with Crippen LogP contribution >= 0.6 is 0 Å². The SMILES string of the molecule is CC(C)(C)[Si](C)(C)OC[C@@H]1O[C@H](n2cnc3c(NC(=O)c4ccccc4)ncnc32)C[C@@H]1OCN=[N+]=[N-]. The van der Waals surface area contributed by atoms with Crippen molar-refractivity contribution in [2.24, 2.45) is 5.11 Å². The number of ether oxygens (including phenoxy) is 2. The van der Waals surface area contributed by atoms with Gasteiger partial charge in [0, 0.05) is 16.9 Å². The lowest BCUT2D eigenvalue weighted by atomic mass is 10.2. The number of hydrogen-bond acceptors (Lipinski definition) is 8. The molecule has 196 valence electrons. The molecule has 1 aliphatic heterocycles. The number of hydrogen-bond donors (Lipinski definition) is 1. The predicted octanol–water partition coefficient (Wildman–Crippen LogP) is 5.04. The van der Waals surface area contributed by atoms with Crippen molar-refractivity contribution in [2.45, 2.75) is 63.8 Å². The molecule has 1 aromatic carbocycles. The van der Waals surface area contributed by atoms with Gasteiger partial charge in [0.1, 0.15) is 25.4 Å². The third-order valence-electron chi connectivity index (χ3n) is 6.94. The Hall–Kier alpha value is -3.35. The molecular formula is C24H32N8O4Si. The zero-order valence-electron chi connectivity index (χ0n) is 21.7. The van der Waals surface area contributed by atoms with E-state index < -0.39 is 14.5 Å². The molecule has 0 spiro atoms. The zero-order valence-corrected chi connectivity index (χ0v) is 22.7. The van der Waals surface area contributed by atoms with Crippen LogP contribution < -0.4 is 5.32 Å². The van der Waals surface area contributed by atoms with Crippen molar-refractivity contribution in [3.05, 3.63) is 59.0 Å². The molecule has 0 aliphatic carbocycles. The molecule has 3 heterocycles. The summed E-state index contributed by atoms with van der Waals surface area (Å²) in [6.07, 6.45) is 2.31. The van der Waals surface area contributed by atoms with Gasteiger partial charge in [-0.15, -0.1) is 0 Å². The number of fused-ring (bicyclic) bond motifs is 1. The Bertz CT molecular complexity index is 1290. The normalized spacial score (nSPS) is 20.1. The average molecular weight is 525 g/mol. The lowest BCUT2D eigenvalue weighted by molar-refractivity contribution is -0.0569. The van der Waals surface area contributed by atoms with E-state index in [9.17, 15) is 4.79 Å². The Morgan fingerprint density at radius 1 is 1.27 bits per heavy atom. The highest BCUT2D eigenvalue weighted by Gasteiger charge is 2.42. The predicted molar refractivity (Wildman–Crippen MR) is 140 cm³/mol. The monoisotopic (exact) mass is 524 g/mol. The molecule has 0 unspecified atom stereocenters. The molecule has 1 N–H and O–H groups in total. The summed E-state index contributed by atoms with van der Waals surface area (Å²) in [5.74, 6) is 0.0196. The second kappa shape index (κ2) is 10.9. The van der Waals surface area contributed by atoms with Gasteiger partial charge in [-0.05, 0) is 35.8 Å². The minimum atomic E-state index is -2.02. The molecule has 37 heavy (non-hydrogen) atoms. The largest absolute Gasteiger partial charge is 0.414 e. The fraction of sp³-hybridized carbons (Fsp3) is 0.500. The van der Waals surface area contributed by atoms with Crippen molar-refractivity contribution in [1.29, 1.82) is 0 Å². The van der Waals surface area contributed by atoms with Crippen molar-refractivity contribution in [2.75, 3.05) is 18.7 Å². The molecule has 1 saturated heterocycles. The molecule has 4 rings (SSSR count). The zero-order chi connectivity index (χ0) is 26.6. The summed E-state index contributed by atoms with van der Waals surface area (Å²) in [7, 11) is -2.02. The summed E-state index contributed by atoms with van der Waals surface area (Å²) < 4.78 is 20.4. The van der Waals surface area contributed by atoms with E-state index in [4.69, 9.17) is 19.4 Å². The van der Waals surface area contributed by atoms with Crippen molar-refractivity contribution in [1.82, 2.24) is 19.5 Å². The van der Waals surface area contributed by atoms with E-state index in [-0.39, 0.29) is 29.9 Å². The molecule has 13 heteroatoms. The minimum absolute atomic E-state index is 0.0461. The minimum Gasteiger partial charge on any atom is -0.414 e. The maximum absolute atomic E-state index is 12.7. The second-order valence-corrected chi connectivity index (χ2v) is 15.2. The number of aromatic nitrogens is 4. The molecular weight excluding hydrogens is 492 g/mol. The van der Waals surface area contributed by atoms with E-state index in [1.165, 1.54) is 6.33 Å². The average Bonchev–Trinajstić information content (AvgIpc) is 3.47. The van der Waals surface area contributed by atoms with Gasteiger partial charge in [0.15, 0.2) is 25.3 Å². The van der Waals surface area contributed by atoms with Gasteiger partial charge >= 0.3 is 0 Å². The van der Waals surface area contributed by atoms with Gasteiger partial charge in [-0.25, -0.2) is 15.0 Å². The summed E-state index contributed by atoms with van der Waals surface area (Å²) in [6, 6.07) is 8.88. The molecule has 0 bridgehead atoms. The van der Waals surface area contributed by atoms with Crippen LogP contribution in [0.15, 0.2) is 48.1 Å². The molecule has 12 nitrogen and oxygen atoms in total. The molecule has 3 atom stereocenters. The highest BCUT2D eigenvalue weighted by molar-refractivity contribution is 6.74. The quantitative estimate of drug-likeness (QED) is 0.178. The van der Waals surface area contributed by atoms with E-state index in [0.29, 0.717) is 35.6 Å². The third kappa shape index (κ3) is 5.97. The number of carbonyl (C=O) groups excluding carboxylic acids is 1. The van der Waals surface area contributed by atoms with Gasteiger partial charge in [0.2, 0.25) is 0 Å². The number of azide groups is 1. The first-order valence-corrected chi connectivity index (χ1v) is 15.0. The van der Waals surface area contributed by atoms with Crippen LogP contribution in [0, 0.1) is 0 Å². The van der Waals surface area contributed by atoms with Crippen LogP contribution in [0.4, 0.5) is 5.82 Å². The van der Waals surface area contributed by atoms with Crippen LogP contribution in [0.2, 0.25) is 18.1 Å². The number of nitrogens with zero attached hydrogens (tertiary/aromatic N) is 7. The summed E-state index contributed by atoms with van der Waals surface area (Å²) in [6.45, 7) is 11.2. The Labute approximate surface area is 216 Å². The number of benzene rings is 1. The number of imidazole rings is 1. The highest BCUT2D eigenvalue weighted by atomic mass is 28.4. The van der Waals surface area contributed by atoms with Crippen LogP contribution in [0.1, 0.15) is 43.8 Å². The van der Waals surface area contributed by atoms with E-state index >= 15 is 0 Å². The Balaban J connectivity index is 1.54. The van der Waals surface area contributed by atoms with Crippen molar-refractivity contribution in [3.8, 4) is 0 Å².